The second-order valence-electron chi connectivity index (χ2n) is 8.30. The van der Waals surface area contributed by atoms with Gasteiger partial charge in [0, 0.05) is 19.6 Å². The van der Waals surface area contributed by atoms with E-state index in [1.807, 2.05) is 44.2 Å². The second kappa shape index (κ2) is 10.6. The molecule has 0 spiro atoms. The summed E-state index contributed by atoms with van der Waals surface area (Å²) < 4.78 is 22.2. The van der Waals surface area contributed by atoms with Crippen LogP contribution >= 0.6 is 0 Å². The van der Waals surface area contributed by atoms with Gasteiger partial charge in [-0.1, -0.05) is 51.1 Å². The summed E-state index contributed by atoms with van der Waals surface area (Å²) in [4.78, 5) is 2.21. The van der Waals surface area contributed by atoms with Crippen LogP contribution in [0, 0.1) is 18.7 Å². The van der Waals surface area contributed by atoms with E-state index >= 15 is 0 Å². The molecular formula is C25H32FN3O2. The van der Waals surface area contributed by atoms with Crippen LogP contribution in [0.15, 0.2) is 54.6 Å². The molecule has 0 amide bonds. The lowest BCUT2D eigenvalue weighted by Crippen LogP contribution is -2.34. The number of halogens is 1. The number of aryl methyl sites for hydroxylation is 1. The molecule has 2 aromatic carbocycles. The number of hydrogen-bond donors (Lipinski definition) is 1. The smallest absolute Gasteiger partial charge is 0.227 e. The van der Waals surface area contributed by atoms with Gasteiger partial charge in [0.05, 0.1) is 23.0 Å². The molecule has 6 heteroatoms. The molecular weight excluding hydrogens is 393 g/mol. The monoisotopic (exact) mass is 425 g/mol. The Kier molecular flexibility index (Phi) is 7.82. The Balaban J connectivity index is 2.03. The van der Waals surface area contributed by atoms with E-state index < -0.39 is 11.9 Å². The number of benzene rings is 2. The van der Waals surface area contributed by atoms with Crippen LogP contribution in [-0.2, 0) is 6.54 Å². The third kappa shape index (κ3) is 5.93. The highest BCUT2D eigenvalue weighted by atomic mass is 19.1. The van der Waals surface area contributed by atoms with E-state index in [0.29, 0.717) is 31.3 Å². The molecule has 1 N–H and O–H groups in total. The van der Waals surface area contributed by atoms with Crippen molar-refractivity contribution in [1.82, 2.24) is 14.7 Å². The number of para-hydroxylation sites is 2. The van der Waals surface area contributed by atoms with E-state index in [-0.39, 0.29) is 5.75 Å². The predicted molar refractivity (Wildman–Crippen MR) is 121 cm³/mol. The van der Waals surface area contributed by atoms with E-state index in [1.54, 1.807) is 22.9 Å². The standard InChI is InChI=1S/C25H32FN3O2/c1-5-21(30)16-28(15-18(2)3)17-22-19(4)27-29(20-11-7-6-8-12-20)25(22)31-24-14-10-9-13-23(24)26/h6-14,18,21,30H,5,15-17H2,1-4H3/t21-/m0/s1. The van der Waals surface area contributed by atoms with Gasteiger partial charge in [-0.2, -0.15) is 5.10 Å². The van der Waals surface area contributed by atoms with Crippen molar-refractivity contribution in [3.8, 4) is 17.3 Å². The Morgan fingerprint density at radius 1 is 1.06 bits per heavy atom. The third-order valence-corrected chi connectivity index (χ3v) is 5.13. The first kappa shape index (κ1) is 23.0. The molecule has 166 valence electrons. The van der Waals surface area contributed by atoms with Crippen molar-refractivity contribution >= 4 is 0 Å². The maximum atomic E-state index is 14.4. The highest BCUT2D eigenvalue weighted by Crippen LogP contribution is 2.33. The van der Waals surface area contributed by atoms with Crippen molar-refractivity contribution in [2.24, 2.45) is 5.92 Å². The summed E-state index contributed by atoms with van der Waals surface area (Å²) in [6.07, 6.45) is 0.286. The molecule has 3 aromatic rings. The molecule has 0 bridgehead atoms. The molecule has 31 heavy (non-hydrogen) atoms. The van der Waals surface area contributed by atoms with Gasteiger partial charge in [-0.05, 0) is 43.5 Å². The van der Waals surface area contributed by atoms with Gasteiger partial charge >= 0.3 is 0 Å². The molecule has 0 aliphatic carbocycles. The molecule has 5 nitrogen and oxygen atoms in total. The van der Waals surface area contributed by atoms with E-state index in [4.69, 9.17) is 9.84 Å². The molecule has 0 saturated carbocycles. The number of ether oxygens (including phenoxy) is 1. The fourth-order valence-electron chi connectivity index (χ4n) is 3.57. The summed E-state index contributed by atoms with van der Waals surface area (Å²) in [6.45, 7) is 10.2. The van der Waals surface area contributed by atoms with Crippen LogP contribution in [0.3, 0.4) is 0 Å². The van der Waals surface area contributed by atoms with Crippen molar-refractivity contribution in [3.63, 3.8) is 0 Å². The largest absolute Gasteiger partial charge is 0.435 e. The summed E-state index contributed by atoms with van der Waals surface area (Å²) in [6, 6.07) is 16.1. The first-order chi connectivity index (χ1) is 14.9. The maximum absolute atomic E-state index is 14.4. The Hall–Kier alpha value is -2.70. The lowest BCUT2D eigenvalue weighted by Gasteiger charge is -2.26. The van der Waals surface area contributed by atoms with Gasteiger partial charge in [0.2, 0.25) is 5.88 Å². The first-order valence-electron chi connectivity index (χ1n) is 10.9. The molecule has 1 heterocycles. The highest BCUT2D eigenvalue weighted by molar-refractivity contribution is 5.43. The zero-order valence-electron chi connectivity index (χ0n) is 18.8. The van der Waals surface area contributed by atoms with Gasteiger partial charge in [-0.25, -0.2) is 9.07 Å². The van der Waals surface area contributed by atoms with Crippen molar-refractivity contribution in [3.05, 3.63) is 71.7 Å². The summed E-state index contributed by atoms with van der Waals surface area (Å²) in [5.41, 5.74) is 2.54. The fourth-order valence-corrected chi connectivity index (χ4v) is 3.57. The first-order valence-corrected chi connectivity index (χ1v) is 10.9. The molecule has 0 fully saturated rings. The Bertz CT molecular complexity index is 972. The van der Waals surface area contributed by atoms with E-state index in [2.05, 4.69) is 18.7 Å². The van der Waals surface area contributed by atoms with Gasteiger partial charge in [0.15, 0.2) is 11.6 Å². The normalized spacial score (nSPS) is 12.5. The van der Waals surface area contributed by atoms with Gasteiger partial charge < -0.3 is 9.84 Å². The van der Waals surface area contributed by atoms with Crippen LogP contribution in [-0.4, -0.2) is 39.0 Å². The highest BCUT2D eigenvalue weighted by Gasteiger charge is 2.23. The molecule has 3 rings (SSSR count). The summed E-state index contributed by atoms with van der Waals surface area (Å²) in [7, 11) is 0. The number of rotatable bonds is 10. The molecule has 0 radical (unpaired) electrons. The lowest BCUT2D eigenvalue weighted by molar-refractivity contribution is 0.0980. The summed E-state index contributed by atoms with van der Waals surface area (Å²) in [5.74, 6) is 0.662. The van der Waals surface area contributed by atoms with Crippen molar-refractivity contribution < 1.29 is 14.2 Å². The van der Waals surface area contributed by atoms with Crippen LogP contribution in [0.4, 0.5) is 4.39 Å². The average molecular weight is 426 g/mol. The van der Waals surface area contributed by atoms with Crippen LogP contribution in [0.2, 0.25) is 0 Å². The Labute approximate surface area is 184 Å². The molecule has 1 aromatic heterocycles. The van der Waals surface area contributed by atoms with Crippen LogP contribution in [0.25, 0.3) is 5.69 Å². The van der Waals surface area contributed by atoms with Gasteiger partial charge in [0.25, 0.3) is 0 Å². The van der Waals surface area contributed by atoms with Crippen molar-refractivity contribution in [1.29, 1.82) is 0 Å². The molecule has 1 atom stereocenters. The van der Waals surface area contributed by atoms with E-state index in [1.165, 1.54) is 6.07 Å². The third-order valence-electron chi connectivity index (χ3n) is 5.13. The zero-order chi connectivity index (χ0) is 22.4. The predicted octanol–water partition coefficient (Wildman–Crippen LogP) is 5.34. The topological polar surface area (TPSA) is 50.5 Å². The number of hydrogen-bond acceptors (Lipinski definition) is 4. The minimum absolute atomic E-state index is 0.157. The van der Waals surface area contributed by atoms with E-state index in [9.17, 15) is 9.50 Å². The quantitative estimate of drug-likeness (QED) is 0.476. The lowest BCUT2D eigenvalue weighted by atomic mass is 10.1. The fraction of sp³-hybridized carbons (Fsp3) is 0.400. The van der Waals surface area contributed by atoms with Gasteiger partial charge in [0.1, 0.15) is 0 Å². The molecule has 0 aliphatic heterocycles. The van der Waals surface area contributed by atoms with Crippen LogP contribution in [0.5, 0.6) is 11.6 Å². The second-order valence-corrected chi connectivity index (χ2v) is 8.30. The van der Waals surface area contributed by atoms with Crippen molar-refractivity contribution in [2.75, 3.05) is 13.1 Å². The zero-order valence-corrected chi connectivity index (χ0v) is 18.8. The van der Waals surface area contributed by atoms with Gasteiger partial charge in [-0.15, -0.1) is 0 Å². The Morgan fingerprint density at radius 2 is 1.74 bits per heavy atom. The summed E-state index contributed by atoms with van der Waals surface area (Å²) >= 11 is 0. The minimum atomic E-state index is -0.424. The maximum Gasteiger partial charge on any atom is 0.227 e. The number of aliphatic hydroxyl groups excluding tert-OH is 1. The molecule has 0 saturated heterocycles. The Morgan fingerprint density at radius 3 is 2.39 bits per heavy atom. The van der Waals surface area contributed by atoms with Crippen LogP contribution in [0.1, 0.15) is 38.4 Å². The average Bonchev–Trinajstić information content (AvgIpc) is 3.05. The van der Waals surface area contributed by atoms with Gasteiger partial charge in [-0.3, -0.25) is 4.90 Å². The van der Waals surface area contributed by atoms with Crippen LogP contribution < -0.4 is 4.74 Å². The van der Waals surface area contributed by atoms with Crippen molar-refractivity contribution in [2.45, 2.75) is 46.8 Å². The molecule has 0 aliphatic rings. The number of aliphatic hydroxyl groups is 1. The number of aromatic nitrogens is 2. The summed E-state index contributed by atoms with van der Waals surface area (Å²) in [5, 5.41) is 15.0. The minimum Gasteiger partial charge on any atom is -0.435 e. The SMILES string of the molecule is CC[C@H](O)CN(Cc1c(C)nn(-c2ccccc2)c1Oc1ccccc1F)CC(C)C. The van der Waals surface area contributed by atoms with E-state index in [0.717, 1.165) is 23.5 Å². The molecule has 0 unspecified atom stereocenters. The number of nitrogens with zero attached hydrogens (tertiary/aromatic N) is 3.